The Hall–Kier alpha value is -2.59. The van der Waals surface area contributed by atoms with Crippen LogP contribution in [0.15, 0.2) is 47.5 Å². The molecule has 0 aromatic heterocycles. The SMILES string of the molecule is COc1ccccc1C1=C(Cl)C(=O)N(c2ccc(C)c(C)c2)C1=O. The van der Waals surface area contributed by atoms with Crippen LogP contribution in [0.4, 0.5) is 5.69 Å². The van der Waals surface area contributed by atoms with E-state index in [1.54, 1.807) is 36.4 Å². The molecule has 0 bridgehead atoms. The first-order valence-corrected chi connectivity index (χ1v) is 7.82. The second-order valence-corrected chi connectivity index (χ2v) is 5.98. The number of methoxy groups -OCH3 is 1. The average molecular weight is 342 g/mol. The molecule has 0 radical (unpaired) electrons. The van der Waals surface area contributed by atoms with Crippen LogP contribution in [0.1, 0.15) is 16.7 Å². The minimum atomic E-state index is -0.522. The van der Waals surface area contributed by atoms with Crippen LogP contribution < -0.4 is 9.64 Å². The number of hydrogen-bond acceptors (Lipinski definition) is 3. The first kappa shape index (κ1) is 16.3. The van der Waals surface area contributed by atoms with Gasteiger partial charge in [-0.25, -0.2) is 4.90 Å². The van der Waals surface area contributed by atoms with E-state index < -0.39 is 11.8 Å². The van der Waals surface area contributed by atoms with E-state index in [1.165, 1.54) is 7.11 Å². The first-order chi connectivity index (χ1) is 11.5. The van der Waals surface area contributed by atoms with Crippen LogP contribution in [-0.4, -0.2) is 18.9 Å². The molecule has 4 nitrogen and oxygen atoms in total. The predicted octanol–water partition coefficient (Wildman–Crippen LogP) is 3.84. The lowest BCUT2D eigenvalue weighted by Gasteiger charge is -2.16. The molecule has 0 aliphatic carbocycles. The van der Waals surface area contributed by atoms with E-state index in [1.807, 2.05) is 19.9 Å². The van der Waals surface area contributed by atoms with E-state index in [2.05, 4.69) is 0 Å². The summed E-state index contributed by atoms with van der Waals surface area (Å²) in [5.74, 6) is -0.475. The third kappa shape index (κ3) is 2.49. The van der Waals surface area contributed by atoms with Crippen molar-refractivity contribution >= 4 is 34.7 Å². The maximum absolute atomic E-state index is 12.9. The third-order valence-corrected chi connectivity index (χ3v) is 4.50. The molecule has 1 heterocycles. The van der Waals surface area contributed by atoms with Gasteiger partial charge in [0.05, 0.1) is 18.4 Å². The van der Waals surface area contributed by atoms with E-state index in [0.717, 1.165) is 16.0 Å². The Kier molecular flexibility index (Phi) is 4.16. The molecule has 2 amide bonds. The minimum absolute atomic E-state index is 0.0947. The molecule has 1 aliphatic rings. The summed E-state index contributed by atoms with van der Waals surface area (Å²) in [5, 5.41) is -0.0947. The summed E-state index contributed by atoms with van der Waals surface area (Å²) in [5.41, 5.74) is 3.26. The zero-order valence-electron chi connectivity index (χ0n) is 13.6. The lowest BCUT2D eigenvalue weighted by molar-refractivity contribution is -0.119. The number of hydrogen-bond donors (Lipinski definition) is 0. The first-order valence-electron chi connectivity index (χ1n) is 7.45. The highest BCUT2D eigenvalue weighted by molar-refractivity contribution is 6.60. The van der Waals surface area contributed by atoms with E-state index in [0.29, 0.717) is 17.0 Å². The fourth-order valence-corrected chi connectivity index (χ4v) is 2.95. The van der Waals surface area contributed by atoms with Gasteiger partial charge in [-0.15, -0.1) is 0 Å². The van der Waals surface area contributed by atoms with Crippen molar-refractivity contribution in [1.82, 2.24) is 0 Å². The zero-order valence-corrected chi connectivity index (χ0v) is 14.3. The number of nitrogens with zero attached hydrogens (tertiary/aromatic N) is 1. The Labute approximate surface area is 145 Å². The number of para-hydroxylation sites is 1. The maximum Gasteiger partial charge on any atom is 0.277 e. The molecular weight excluding hydrogens is 326 g/mol. The molecule has 0 saturated carbocycles. The maximum atomic E-state index is 12.9. The third-order valence-electron chi connectivity index (χ3n) is 4.15. The lowest BCUT2D eigenvalue weighted by atomic mass is 10.0. The van der Waals surface area contributed by atoms with E-state index >= 15 is 0 Å². The molecule has 3 rings (SSSR count). The Morgan fingerprint density at radius 3 is 2.33 bits per heavy atom. The summed E-state index contributed by atoms with van der Waals surface area (Å²) >= 11 is 6.21. The fourth-order valence-electron chi connectivity index (χ4n) is 2.69. The van der Waals surface area contributed by atoms with Crippen molar-refractivity contribution in [2.24, 2.45) is 0 Å². The summed E-state index contributed by atoms with van der Waals surface area (Å²) in [7, 11) is 1.51. The Morgan fingerprint density at radius 1 is 0.958 bits per heavy atom. The van der Waals surface area contributed by atoms with Gasteiger partial charge in [-0.3, -0.25) is 9.59 Å². The highest BCUT2D eigenvalue weighted by Gasteiger charge is 2.40. The standard InChI is InChI=1S/C19H16ClNO3/c1-11-8-9-13(10-12(11)2)21-18(22)16(17(20)19(21)23)14-6-4-5-7-15(14)24-3/h4-10H,1-3H3. The Bertz CT molecular complexity index is 886. The van der Waals surface area contributed by atoms with E-state index in [4.69, 9.17) is 16.3 Å². The van der Waals surface area contributed by atoms with E-state index in [-0.39, 0.29) is 10.6 Å². The van der Waals surface area contributed by atoms with Crippen LogP contribution in [0.5, 0.6) is 5.75 Å². The Balaban J connectivity index is 2.09. The molecule has 0 N–H and O–H groups in total. The monoisotopic (exact) mass is 341 g/mol. The van der Waals surface area contributed by atoms with Gasteiger partial charge in [-0.05, 0) is 43.2 Å². The molecule has 0 spiro atoms. The quantitative estimate of drug-likeness (QED) is 0.797. The van der Waals surface area contributed by atoms with Crippen LogP contribution in [0.2, 0.25) is 0 Å². The zero-order chi connectivity index (χ0) is 17.4. The second-order valence-electron chi connectivity index (χ2n) is 5.60. The van der Waals surface area contributed by atoms with Gasteiger partial charge in [0, 0.05) is 5.56 Å². The van der Waals surface area contributed by atoms with Crippen molar-refractivity contribution in [3.63, 3.8) is 0 Å². The average Bonchev–Trinajstić information content (AvgIpc) is 2.80. The van der Waals surface area contributed by atoms with Gasteiger partial charge < -0.3 is 4.74 Å². The van der Waals surface area contributed by atoms with Gasteiger partial charge in [0.25, 0.3) is 11.8 Å². The normalized spacial score (nSPS) is 14.6. The minimum Gasteiger partial charge on any atom is -0.496 e. The molecular formula is C19H16ClNO3. The highest BCUT2D eigenvalue weighted by atomic mass is 35.5. The summed E-state index contributed by atoms with van der Waals surface area (Å²) in [6, 6.07) is 12.4. The number of imide groups is 1. The number of ether oxygens (including phenoxy) is 1. The molecule has 0 unspecified atom stereocenters. The summed E-state index contributed by atoms with van der Waals surface area (Å²) in [4.78, 5) is 26.6. The van der Waals surface area contributed by atoms with Crippen LogP contribution in [0.25, 0.3) is 5.57 Å². The molecule has 0 atom stereocenters. The lowest BCUT2D eigenvalue weighted by Crippen LogP contribution is -2.31. The number of carbonyl (C=O) groups excluding carboxylic acids is 2. The number of rotatable bonds is 3. The van der Waals surface area contributed by atoms with Crippen molar-refractivity contribution in [1.29, 1.82) is 0 Å². The van der Waals surface area contributed by atoms with Crippen molar-refractivity contribution in [3.05, 3.63) is 64.2 Å². The van der Waals surface area contributed by atoms with E-state index in [9.17, 15) is 9.59 Å². The van der Waals surface area contributed by atoms with Gasteiger partial charge in [0.15, 0.2) is 0 Å². The van der Waals surface area contributed by atoms with Crippen LogP contribution in [0.3, 0.4) is 0 Å². The molecule has 24 heavy (non-hydrogen) atoms. The van der Waals surface area contributed by atoms with Crippen LogP contribution in [0, 0.1) is 13.8 Å². The van der Waals surface area contributed by atoms with Gasteiger partial charge in [0.1, 0.15) is 10.8 Å². The fraction of sp³-hybridized carbons (Fsp3) is 0.158. The van der Waals surface area contributed by atoms with Crippen molar-refractivity contribution < 1.29 is 14.3 Å². The van der Waals surface area contributed by atoms with Gasteiger partial charge >= 0.3 is 0 Å². The molecule has 5 heteroatoms. The number of benzene rings is 2. The molecule has 1 aliphatic heterocycles. The number of amides is 2. The summed E-state index contributed by atoms with van der Waals surface area (Å²) in [6.07, 6.45) is 0. The molecule has 0 fully saturated rings. The van der Waals surface area contributed by atoms with Crippen molar-refractivity contribution in [3.8, 4) is 5.75 Å². The van der Waals surface area contributed by atoms with Crippen LogP contribution >= 0.6 is 11.6 Å². The number of aryl methyl sites for hydroxylation is 2. The number of carbonyl (C=O) groups is 2. The largest absolute Gasteiger partial charge is 0.496 e. The molecule has 2 aromatic carbocycles. The topological polar surface area (TPSA) is 46.6 Å². The molecule has 2 aromatic rings. The number of halogens is 1. The smallest absolute Gasteiger partial charge is 0.277 e. The molecule has 0 saturated heterocycles. The molecule has 122 valence electrons. The van der Waals surface area contributed by atoms with Crippen molar-refractivity contribution in [2.75, 3.05) is 12.0 Å². The van der Waals surface area contributed by atoms with Gasteiger partial charge in [0.2, 0.25) is 0 Å². The second kappa shape index (κ2) is 6.13. The highest BCUT2D eigenvalue weighted by Crippen LogP contribution is 2.38. The number of anilines is 1. The van der Waals surface area contributed by atoms with Crippen molar-refractivity contribution in [2.45, 2.75) is 13.8 Å². The Morgan fingerprint density at radius 2 is 1.67 bits per heavy atom. The summed E-state index contributed by atoms with van der Waals surface area (Å²) in [6.45, 7) is 3.90. The summed E-state index contributed by atoms with van der Waals surface area (Å²) < 4.78 is 5.29. The predicted molar refractivity (Wildman–Crippen MR) is 94.2 cm³/mol. The van der Waals surface area contributed by atoms with Gasteiger partial charge in [-0.2, -0.15) is 0 Å². The van der Waals surface area contributed by atoms with Crippen LogP contribution in [-0.2, 0) is 9.59 Å². The van der Waals surface area contributed by atoms with Gasteiger partial charge in [-0.1, -0.05) is 35.9 Å².